The molecule has 3 heteroatoms. The van der Waals surface area contributed by atoms with Crippen LogP contribution in [0.3, 0.4) is 0 Å². The van der Waals surface area contributed by atoms with Gasteiger partial charge in [0, 0.05) is 13.1 Å². The number of likely N-dealkylation sites (tertiary alicyclic amines) is 1. The van der Waals surface area contributed by atoms with Crippen LogP contribution >= 0.6 is 15.9 Å². The predicted octanol–water partition coefficient (Wildman–Crippen LogP) is 1.88. The zero-order valence-electron chi connectivity index (χ0n) is 8.16. The van der Waals surface area contributed by atoms with Crippen molar-refractivity contribution in [3.8, 4) is 0 Å². The van der Waals surface area contributed by atoms with Crippen LogP contribution in [-0.2, 0) is 4.79 Å². The topological polar surface area (TPSA) is 20.3 Å². The number of carbonyl (C=O) groups excluding carboxylic acids is 1. The summed E-state index contributed by atoms with van der Waals surface area (Å²) in [5, 5.41) is 0. The Morgan fingerprint density at radius 3 is 2.38 bits per heavy atom. The van der Waals surface area contributed by atoms with Gasteiger partial charge in [-0.15, -0.1) is 0 Å². The summed E-state index contributed by atoms with van der Waals surface area (Å²) in [4.78, 5) is 13.9. The van der Waals surface area contributed by atoms with Crippen molar-refractivity contribution in [2.45, 2.75) is 25.1 Å². The van der Waals surface area contributed by atoms with Gasteiger partial charge in [0.2, 0.25) is 5.91 Å². The van der Waals surface area contributed by atoms with Crippen molar-refractivity contribution >= 4 is 21.8 Å². The van der Waals surface area contributed by atoms with E-state index < -0.39 is 0 Å². The Hall–Kier alpha value is -0.0500. The van der Waals surface area contributed by atoms with E-state index in [-0.39, 0.29) is 4.83 Å². The first-order valence-electron chi connectivity index (χ1n) is 5.02. The second-order valence-electron chi connectivity index (χ2n) is 4.64. The number of halogens is 1. The van der Waals surface area contributed by atoms with E-state index in [0.717, 1.165) is 24.9 Å². The number of piperidine rings is 1. The molecule has 3 atom stereocenters. The average Bonchev–Trinajstić information content (AvgIpc) is 2.71. The highest BCUT2D eigenvalue weighted by atomic mass is 79.9. The highest BCUT2D eigenvalue weighted by Gasteiger charge is 2.47. The third kappa shape index (κ3) is 1.76. The Labute approximate surface area is 87.8 Å². The quantitative estimate of drug-likeness (QED) is 0.681. The summed E-state index contributed by atoms with van der Waals surface area (Å²) in [7, 11) is 0. The van der Waals surface area contributed by atoms with Crippen LogP contribution in [0.1, 0.15) is 20.3 Å². The second kappa shape index (κ2) is 3.26. The van der Waals surface area contributed by atoms with Gasteiger partial charge in [-0.2, -0.15) is 0 Å². The van der Waals surface area contributed by atoms with Crippen LogP contribution in [0.2, 0.25) is 0 Å². The number of amides is 1. The summed E-state index contributed by atoms with van der Waals surface area (Å²) in [5.41, 5.74) is 0. The van der Waals surface area contributed by atoms with Crippen LogP contribution in [-0.4, -0.2) is 28.7 Å². The molecule has 0 N–H and O–H groups in total. The van der Waals surface area contributed by atoms with Crippen molar-refractivity contribution < 1.29 is 4.79 Å². The van der Waals surface area contributed by atoms with Gasteiger partial charge in [-0.1, -0.05) is 29.8 Å². The molecule has 1 saturated carbocycles. The Morgan fingerprint density at radius 2 is 1.92 bits per heavy atom. The van der Waals surface area contributed by atoms with Crippen molar-refractivity contribution in [3.05, 3.63) is 0 Å². The molecule has 0 aromatic rings. The monoisotopic (exact) mass is 245 g/mol. The predicted molar refractivity (Wildman–Crippen MR) is 55.7 cm³/mol. The van der Waals surface area contributed by atoms with Gasteiger partial charge in [0.25, 0.3) is 0 Å². The number of carbonyl (C=O) groups is 1. The van der Waals surface area contributed by atoms with Crippen molar-refractivity contribution in [1.29, 1.82) is 0 Å². The van der Waals surface area contributed by atoms with E-state index in [9.17, 15) is 4.79 Å². The minimum absolute atomic E-state index is 0.0185. The van der Waals surface area contributed by atoms with Gasteiger partial charge in [0.15, 0.2) is 0 Å². The van der Waals surface area contributed by atoms with Crippen molar-refractivity contribution in [3.63, 3.8) is 0 Å². The van der Waals surface area contributed by atoms with E-state index in [1.807, 2.05) is 4.90 Å². The molecule has 0 radical (unpaired) electrons. The van der Waals surface area contributed by atoms with Gasteiger partial charge in [0.05, 0.1) is 4.83 Å². The fourth-order valence-electron chi connectivity index (χ4n) is 2.04. The van der Waals surface area contributed by atoms with Crippen LogP contribution in [0.15, 0.2) is 0 Å². The molecule has 3 unspecified atom stereocenters. The van der Waals surface area contributed by atoms with E-state index in [2.05, 4.69) is 29.8 Å². The van der Waals surface area contributed by atoms with Crippen molar-refractivity contribution in [2.75, 3.05) is 13.1 Å². The number of hydrogen-bond acceptors (Lipinski definition) is 1. The van der Waals surface area contributed by atoms with Crippen LogP contribution in [0.5, 0.6) is 0 Å². The maximum Gasteiger partial charge on any atom is 0.236 e. The minimum atomic E-state index is 0.0185. The number of hydrogen-bond donors (Lipinski definition) is 0. The normalized spacial score (nSPS) is 33.4. The van der Waals surface area contributed by atoms with Gasteiger partial charge in [-0.3, -0.25) is 4.79 Å². The molecule has 1 heterocycles. The molecule has 2 nitrogen and oxygen atoms in total. The van der Waals surface area contributed by atoms with Gasteiger partial charge in [-0.25, -0.2) is 0 Å². The first kappa shape index (κ1) is 9.50. The lowest BCUT2D eigenvalue weighted by Gasteiger charge is -2.23. The third-order valence-corrected chi connectivity index (χ3v) is 4.56. The molecular formula is C10H16BrNO. The summed E-state index contributed by atoms with van der Waals surface area (Å²) in [6.45, 7) is 6.18. The van der Waals surface area contributed by atoms with Crippen LogP contribution < -0.4 is 0 Å². The first-order valence-corrected chi connectivity index (χ1v) is 5.94. The fraction of sp³-hybridized carbons (Fsp3) is 0.900. The minimum Gasteiger partial charge on any atom is -0.341 e. The van der Waals surface area contributed by atoms with E-state index in [1.165, 1.54) is 6.42 Å². The number of fused-ring (bicyclic) bond motifs is 1. The molecule has 0 aromatic heterocycles. The SMILES string of the molecule is CC(C)C(Br)C(=O)N1CC2CC2C1. The molecule has 13 heavy (non-hydrogen) atoms. The largest absolute Gasteiger partial charge is 0.341 e. The summed E-state index contributed by atoms with van der Waals surface area (Å²) < 4.78 is 0. The molecule has 74 valence electrons. The molecule has 1 amide bonds. The molecule has 1 aliphatic heterocycles. The zero-order chi connectivity index (χ0) is 9.59. The fourth-order valence-corrected chi connectivity index (χ4v) is 2.33. The Morgan fingerprint density at radius 1 is 1.38 bits per heavy atom. The van der Waals surface area contributed by atoms with E-state index in [0.29, 0.717) is 11.8 Å². The molecule has 0 bridgehead atoms. The average molecular weight is 246 g/mol. The van der Waals surface area contributed by atoms with Crippen LogP contribution in [0.25, 0.3) is 0 Å². The Balaban J connectivity index is 1.90. The molecule has 2 aliphatic rings. The maximum atomic E-state index is 11.8. The first-order chi connectivity index (χ1) is 6.09. The zero-order valence-corrected chi connectivity index (χ0v) is 9.75. The summed E-state index contributed by atoms with van der Waals surface area (Å²) in [5.74, 6) is 2.37. The second-order valence-corrected chi connectivity index (χ2v) is 5.63. The number of rotatable bonds is 2. The molecule has 1 saturated heterocycles. The Kier molecular flexibility index (Phi) is 2.39. The summed E-state index contributed by atoms with van der Waals surface area (Å²) >= 11 is 3.46. The molecule has 1 aliphatic carbocycles. The molecule has 0 spiro atoms. The van der Waals surface area contributed by atoms with E-state index in [1.54, 1.807) is 0 Å². The maximum absolute atomic E-state index is 11.8. The van der Waals surface area contributed by atoms with Crippen LogP contribution in [0.4, 0.5) is 0 Å². The third-order valence-electron chi connectivity index (χ3n) is 3.11. The highest BCUT2D eigenvalue weighted by molar-refractivity contribution is 9.10. The smallest absolute Gasteiger partial charge is 0.236 e. The standard InChI is InChI=1S/C10H16BrNO/c1-6(2)9(11)10(13)12-4-7-3-8(7)5-12/h6-9H,3-5H2,1-2H3. The molecule has 0 aromatic carbocycles. The lowest BCUT2D eigenvalue weighted by molar-refractivity contribution is -0.130. The summed E-state index contributed by atoms with van der Waals surface area (Å²) in [6.07, 6.45) is 1.36. The summed E-state index contributed by atoms with van der Waals surface area (Å²) in [6, 6.07) is 0. The van der Waals surface area contributed by atoms with Gasteiger partial charge < -0.3 is 4.90 Å². The van der Waals surface area contributed by atoms with Gasteiger partial charge >= 0.3 is 0 Å². The molecular weight excluding hydrogens is 230 g/mol. The van der Waals surface area contributed by atoms with Crippen molar-refractivity contribution in [2.24, 2.45) is 17.8 Å². The van der Waals surface area contributed by atoms with Gasteiger partial charge in [0.1, 0.15) is 0 Å². The van der Waals surface area contributed by atoms with Gasteiger partial charge in [-0.05, 0) is 24.2 Å². The Bertz CT molecular complexity index is 219. The lowest BCUT2D eigenvalue weighted by atomic mass is 10.1. The number of nitrogens with zero attached hydrogens (tertiary/aromatic N) is 1. The van der Waals surface area contributed by atoms with E-state index in [4.69, 9.17) is 0 Å². The lowest BCUT2D eigenvalue weighted by Crippen LogP contribution is -2.38. The van der Waals surface area contributed by atoms with E-state index >= 15 is 0 Å². The molecule has 2 rings (SSSR count). The molecule has 2 fully saturated rings. The van der Waals surface area contributed by atoms with Crippen molar-refractivity contribution in [1.82, 2.24) is 4.90 Å². The van der Waals surface area contributed by atoms with Crippen LogP contribution in [0, 0.1) is 17.8 Å². The number of alkyl halides is 1. The highest BCUT2D eigenvalue weighted by Crippen LogP contribution is 2.45.